The van der Waals surface area contributed by atoms with Crippen LogP contribution in [0.25, 0.3) is 0 Å². The van der Waals surface area contributed by atoms with Crippen LogP contribution in [0, 0.1) is 29.1 Å². The highest BCUT2D eigenvalue weighted by molar-refractivity contribution is 5.23. The van der Waals surface area contributed by atoms with E-state index in [4.69, 9.17) is 5.26 Å². The second kappa shape index (κ2) is 3.69. The third-order valence-corrected chi connectivity index (χ3v) is 5.47. The normalized spacial score (nSPS) is 39.2. The predicted molar refractivity (Wildman–Crippen MR) is 69.4 cm³/mol. The fourth-order valence-electron chi connectivity index (χ4n) is 5.13. The van der Waals surface area contributed by atoms with Crippen LogP contribution in [0.1, 0.15) is 44.1 Å². The largest absolute Gasteiger partial charge is 0.331 e. The van der Waals surface area contributed by atoms with Gasteiger partial charge in [0.15, 0.2) is 0 Å². The van der Waals surface area contributed by atoms with E-state index in [-0.39, 0.29) is 11.1 Å². The molecule has 19 heavy (non-hydrogen) atoms. The van der Waals surface area contributed by atoms with Crippen molar-refractivity contribution in [2.45, 2.75) is 44.1 Å². The molecule has 0 spiro atoms. The van der Waals surface area contributed by atoms with Crippen molar-refractivity contribution in [3.05, 3.63) is 28.4 Å². The second-order valence-corrected chi connectivity index (χ2v) is 6.75. The lowest BCUT2D eigenvalue weighted by molar-refractivity contribution is -0.0439. The highest BCUT2D eigenvalue weighted by atomic mass is 16.1. The molecule has 0 aromatic carbocycles. The Morgan fingerprint density at radius 3 is 2.32 bits per heavy atom. The van der Waals surface area contributed by atoms with E-state index in [1.807, 2.05) is 6.07 Å². The van der Waals surface area contributed by atoms with Crippen LogP contribution in [0.4, 0.5) is 0 Å². The number of hydrogen-bond donors (Lipinski definition) is 0. The molecule has 4 nitrogen and oxygen atoms in total. The molecule has 0 aliphatic heterocycles. The lowest BCUT2D eigenvalue weighted by Gasteiger charge is -2.57. The molecule has 98 valence electrons. The van der Waals surface area contributed by atoms with E-state index in [1.165, 1.54) is 38.5 Å². The molecule has 0 amide bonds. The van der Waals surface area contributed by atoms with Crippen LogP contribution in [-0.4, -0.2) is 9.55 Å². The van der Waals surface area contributed by atoms with Gasteiger partial charge in [0.1, 0.15) is 11.6 Å². The zero-order chi connectivity index (χ0) is 13.0. The smallest absolute Gasteiger partial charge is 0.290 e. The zero-order valence-electron chi connectivity index (χ0n) is 10.9. The van der Waals surface area contributed by atoms with E-state index < -0.39 is 5.56 Å². The highest BCUT2D eigenvalue weighted by Gasteiger charge is 2.51. The third-order valence-electron chi connectivity index (χ3n) is 5.47. The van der Waals surface area contributed by atoms with Crippen LogP contribution in [-0.2, 0) is 5.54 Å². The van der Waals surface area contributed by atoms with Crippen LogP contribution >= 0.6 is 0 Å². The molecule has 1 heterocycles. The standard InChI is InChI=1S/C15H17N3O/c16-7-13-8-18(9-17-14(13)19)15-4-10-1-11(5-15)3-12(2-10)6-15/h8-12H,1-6H2. The van der Waals surface area contributed by atoms with Crippen LogP contribution in [0.15, 0.2) is 17.3 Å². The number of rotatable bonds is 1. The summed E-state index contributed by atoms with van der Waals surface area (Å²) in [7, 11) is 0. The van der Waals surface area contributed by atoms with Crippen molar-refractivity contribution < 1.29 is 0 Å². The Morgan fingerprint density at radius 2 is 1.79 bits per heavy atom. The molecule has 4 heteroatoms. The van der Waals surface area contributed by atoms with E-state index in [0.29, 0.717) is 0 Å². The van der Waals surface area contributed by atoms with Crippen molar-refractivity contribution in [2.75, 3.05) is 0 Å². The van der Waals surface area contributed by atoms with Gasteiger partial charge in [-0.25, -0.2) is 0 Å². The number of aromatic nitrogens is 2. The topological polar surface area (TPSA) is 58.7 Å². The Bertz CT molecular complexity index is 590. The van der Waals surface area contributed by atoms with Crippen molar-refractivity contribution in [2.24, 2.45) is 17.8 Å². The summed E-state index contributed by atoms with van der Waals surface area (Å²) in [6, 6.07) is 1.97. The summed E-state index contributed by atoms with van der Waals surface area (Å²) >= 11 is 0. The SMILES string of the molecule is N#Cc1cn(C23CC4CC(CC(C4)C2)C3)cnc1=O. The van der Waals surface area contributed by atoms with E-state index in [9.17, 15) is 4.79 Å². The van der Waals surface area contributed by atoms with E-state index in [1.54, 1.807) is 12.5 Å². The Morgan fingerprint density at radius 1 is 1.21 bits per heavy atom. The first-order valence-electron chi connectivity index (χ1n) is 7.17. The van der Waals surface area contributed by atoms with Crippen LogP contribution in [0.5, 0.6) is 0 Å². The minimum atomic E-state index is -0.400. The molecule has 1 aromatic rings. The van der Waals surface area contributed by atoms with Crippen LogP contribution in [0.3, 0.4) is 0 Å². The molecular weight excluding hydrogens is 238 g/mol. The summed E-state index contributed by atoms with van der Waals surface area (Å²) < 4.78 is 2.09. The van der Waals surface area contributed by atoms with Crippen molar-refractivity contribution in [3.63, 3.8) is 0 Å². The van der Waals surface area contributed by atoms with E-state index in [2.05, 4.69) is 9.55 Å². The third kappa shape index (κ3) is 1.57. The molecular formula is C15H17N3O. The predicted octanol–water partition coefficient (Wildman–Crippen LogP) is 2.04. The highest BCUT2D eigenvalue weighted by Crippen LogP contribution is 2.58. The van der Waals surface area contributed by atoms with Crippen molar-refractivity contribution in [1.29, 1.82) is 5.26 Å². The van der Waals surface area contributed by atoms with Crippen LogP contribution in [0.2, 0.25) is 0 Å². The fourth-order valence-corrected chi connectivity index (χ4v) is 5.13. The lowest BCUT2D eigenvalue weighted by Crippen LogP contribution is -2.52. The summed E-state index contributed by atoms with van der Waals surface area (Å²) in [5.74, 6) is 2.53. The molecule has 4 aliphatic carbocycles. The van der Waals surface area contributed by atoms with Gasteiger partial charge in [-0.15, -0.1) is 0 Å². The van der Waals surface area contributed by atoms with Gasteiger partial charge in [-0.2, -0.15) is 10.2 Å². The van der Waals surface area contributed by atoms with Crippen molar-refractivity contribution in [1.82, 2.24) is 9.55 Å². The Kier molecular flexibility index (Phi) is 2.18. The van der Waals surface area contributed by atoms with Crippen molar-refractivity contribution >= 4 is 0 Å². The van der Waals surface area contributed by atoms with Gasteiger partial charge < -0.3 is 4.57 Å². The second-order valence-electron chi connectivity index (χ2n) is 6.75. The molecule has 4 bridgehead atoms. The first-order valence-corrected chi connectivity index (χ1v) is 7.17. The van der Waals surface area contributed by atoms with Gasteiger partial charge in [0.2, 0.25) is 0 Å². The average Bonchev–Trinajstić information content (AvgIpc) is 2.37. The molecule has 0 atom stereocenters. The van der Waals surface area contributed by atoms with Gasteiger partial charge in [-0.3, -0.25) is 4.79 Å². The Balaban J connectivity index is 1.80. The average molecular weight is 255 g/mol. The number of nitriles is 1. The van der Waals surface area contributed by atoms with Gasteiger partial charge in [0.25, 0.3) is 5.56 Å². The van der Waals surface area contributed by atoms with Gasteiger partial charge >= 0.3 is 0 Å². The summed E-state index contributed by atoms with van der Waals surface area (Å²) in [6.07, 6.45) is 11.2. The molecule has 4 saturated carbocycles. The molecule has 0 radical (unpaired) electrons. The number of hydrogen-bond acceptors (Lipinski definition) is 3. The zero-order valence-corrected chi connectivity index (χ0v) is 10.9. The van der Waals surface area contributed by atoms with Gasteiger partial charge in [0.05, 0.1) is 6.33 Å². The van der Waals surface area contributed by atoms with Gasteiger partial charge in [-0.05, 0) is 56.3 Å². The first kappa shape index (κ1) is 11.2. The molecule has 0 N–H and O–H groups in total. The first-order chi connectivity index (χ1) is 9.18. The molecule has 4 fully saturated rings. The number of nitrogens with zero attached hydrogens (tertiary/aromatic N) is 3. The minimum Gasteiger partial charge on any atom is -0.331 e. The summed E-state index contributed by atoms with van der Waals surface area (Å²) in [5.41, 5.74) is -0.0807. The monoisotopic (exact) mass is 255 g/mol. The van der Waals surface area contributed by atoms with Gasteiger partial charge in [-0.1, -0.05) is 0 Å². The molecule has 4 aliphatic rings. The van der Waals surface area contributed by atoms with Crippen LogP contribution < -0.4 is 5.56 Å². The van der Waals surface area contributed by atoms with E-state index in [0.717, 1.165) is 17.8 Å². The van der Waals surface area contributed by atoms with E-state index >= 15 is 0 Å². The minimum absolute atomic E-state index is 0.140. The maximum absolute atomic E-state index is 11.5. The van der Waals surface area contributed by atoms with Gasteiger partial charge in [0, 0.05) is 11.7 Å². The molecule has 1 aromatic heterocycles. The van der Waals surface area contributed by atoms with Crippen molar-refractivity contribution in [3.8, 4) is 6.07 Å². The maximum Gasteiger partial charge on any atom is 0.290 e. The molecule has 0 saturated heterocycles. The summed E-state index contributed by atoms with van der Waals surface area (Å²) in [6.45, 7) is 0. The summed E-state index contributed by atoms with van der Waals surface area (Å²) in [5, 5.41) is 9.02. The fraction of sp³-hybridized carbons (Fsp3) is 0.667. The molecule has 5 rings (SSSR count). The molecule has 0 unspecified atom stereocenters. The summed E-state index contributed by atoms with van der Waals surface area (Å²) in [4.78, 5) is 15.4. The lowest BCUT2D eigenvalue weighted by atomic mass is 9.53. The quantitative estimate of drug-likeness (QED) is 0.771. The Hall–Kier alpha value is -1.63. The Labute approximate surface area is 112 Å². The maximum atomic E-state index is 11.5.